The van der Waals surface area contributed by atoms with E-state index < -0.39 is 0 Å². The summed E-state index contributed by atoms with van der Waals surface area (Å²) in [6.45, 7) is 6.90. The summed E-state index contributed by atoms with van der Waals surface area (Å²) >= 11 is 0. The van der Waals surface area contributed by atoms with E-state index in [0.29, 0.717) is 38.3 Å². The van der Waals surface area contributed by atoms with E-state index in [1.165, 1.54) is 4.90 Å². The first kappa shape index (κ1) is 23.4. The van der Waals surface area contributed by atoms with E-state index >= 15 is 0 Å². The number of nitrogens with one attached hydrogen (secondary N) is 1. The third kappa shape index (κ3) is 7.78. The van der Waals surface area contributed by atoms with Gasteiger partial charge in [0.05, 0.1) is 0 Å². The Kier molecular flexibility index (Phi) is 9.61. The quantitative estimate of drug-likeness (QED) is 0.398. The summed E-state index contributed by atoms with van der Waals surface area (Å²) in [4.78, 5) is 50.8. The minimum Gasteiger partial charge on any atom is -0.356 e. The lowest BCUT2D eigenvalue weighted by Gasteiger charge is -2.15. The van der Waals surface area contributed by atoms with E-state index in [1.807, 2.05) is 4.90 Å². The Balaban J connectivity index is 1.41. The molecule has 1 N–H and O–H groups in total. The summed E-state index contributed by atoms with van der Waals surface area (Å²) < 4.78 is 0. The molecule has 2 aliphatic rings. The zero-order chi connectivity index (χ0) is 21.2. The normalized spacial score (nSPS) is 21.9. The molecule has 0 spiro atoms. The molecule has 2 aliphatic heterocycles. The maximum absolute atomic E-state index is 12.1. The fourth-order valence-corrected chi connectivity index (χ4v) is 4.03. The largest absolute Gasteiger partial charge is 0.356 e. The van der Waals surface area contributed by atoms with Gasteiger partial charge in [-0.2, -0.15) is 0 Å². The topological polar surface area (TPSA) is 86.8 Å². The fourth-order valence-electron chi connectivity index (χ4n) is 4.03. The molecule has 2 atom stereocenters. The molecule has 2 heterocycles. The number of carbonyl (C=O) groups excluding carboxylic acids is 4. The highest BCUT2D eigenvalue weighted by Gasteiger charge is 2.34. The number of likely N-dealkylation sites (tertiary alicyclic amines) is 2. The van der Waals surface area contributed by atoms with Crippen LogP contribution in [0.25, 0.3) is 0 Å². The summed E-state index contributed by atoms with van der Waals surface area (Å²) in [7, 11) is 0. The van der Waals surface area contributed by atoms with Gasteiger partial charge in [0, 0.05) is 51.4 Å². The van der Waals surface area contributed by atoms with Gasteiger partial charge in [0.25, 0.3) is 0 Å². The summed E-state index contributed by atoms with van der Waals surface area (Å²) in [6.07, 6.45) is 7.60. The van der Waals surface area contributed by atoms with Gasteiger partial charge in [0.1, 0.15) is 0 Å². The Bertz CT molecular complexity index is 593. The molecule has 0 aromatic rings. The van der Waals surface area contributed by atoms with Gasteiger partial charge in [-0.25, -0.2) is 0 Å². The van der Waals surface area contributed by atoms with Gasteiger partial charge in [0.15, 0.2) is 0 Å². The Morgan fingerprint density at radius 3 is 2.38 bits per heavy atom. The van der Waals surface area contributed by atoms with Gasteiger partial charge in [-0.1, -0.05) is 26.7 Å². The number of carbonyl (C=O) groups is 4. The van der Waals surface area contributed by atoms with Crippen LogP contribution in [0.3, 0.4) is 0 Å². The molecule has 0 bridgehead atoms. The molecule has 2 saturated heterocycles. The highest BCUT2D eigenvalue weighted by molar-refractivity contribution is 6.03. The standard InChI is InChI=1S/C22H37N3O4/c1-17-11-14-24(16-17)20(27)10-6-3-7-12-23-19(26)9-5-4-8-13-25-21(28)15-18(2)22(25)29/h17-18H,3-16H2,1-2H3,(H,23,26)/t17-,18?/m0/s1. The molecule has 4 amide bonds. The Labute approximate surface area is 174 Å². The molecule has 164 valence electrons. The Hall–Kier alpha value is -1.92. The van der Waals surface area contributed by atoms with Gasteiger partial charge >= 0.3 is 0 Å². The van der Waals surface area contributed by atoms with E-state index in [-0.39, 0.29) is 29.5 Å². The number of rotatable bonds is 12. The Morgan fingerprint density at radius 1 is 1.00 bits per heavy atom. The predicted octanol–water partition coefficient (Wildman–Crippen LogP) is 2.49. The molecule has 7 nitrogen and oxygen atoms in total. The highest BCUT2D eigenvalue weighted by Crippen LogP contribution is 2.19. The van der Waals surface area contributed by atoms with Crippen LogP contribution < -0.4 is 5.32 Å². The van der Waals surface area contributed by atoms with Crippen molar-refractivity contribution in [3.05, 3.63) is 0 Å². The van der Waals surface area contributed by atoms with Crippen LogP contribution in [0.2, 0.25) is 0 Å². The van der Waals surface area contributed by atoms with Crippen molar-refractivity contribution in [2.45, 2.75) is 78.1 Å². The summed E-state index contributed by atoms with van der Waals surface area (Å²) in [6, 6.07) is 0. The number of nitrogens with zero attached hydrogens (tertiary/aromatic N) is 2. The molecular formula is C22H37N3O4. The number of hydrogen-bond acceptors (Lipinski definition) is 4. The van der Waals surface area contributed by atoms with Crippen LogP contribution in [0.4, 0.5) is 0 Å². The van der Waals surface area contributed by atoms with E-state index in [9.17, 15) is 19.2 Å². The molecule has 7 heteroatoms. The lowest BCUT2D eigenvalue weighted by atomic mass is 10.1. The van der Waals surface area contributed by atoms with Crippen molar-refractivity contribution in [1.82, 2.24) is 15.1 Å². The van der Waals surface area contributed by atoms with E-state index in [2.05, 4.69) is 12.2 Å². The predicted molar refractivity (Wildman–Crippen MR) is 111 cm³/mol. The van der Waals surface area contributed by atoms with E-state index in [4.69, 9.17) is 0 Å². The lowest BCUT2D eigenvalue weighted by molar-refractivity contribution is -0.139. The van der Waals surface area contributed by atoms with Crippen LogP contribution in [-0.4, -0.2) is 59.6 Å². The maximum atomic E-state index is 12.1. The molecule has 0 aromatic heterocycles. The number of imide groups is 1. The van der Waals surface area contributed by atoms with E-state index in [0.717, 1.165) is 58.0 Å². The first-order chi connectivity index (χ1) is 13.9. The van der Waals surface area contributed by atoms with Crippen LogP contribution in [-0.2, 0) is 19.2 Å². The first-order valence-electron chi connectivity index (χ1n) is 11.3. The minimum absolute atomic E-state index is 0.0501. The highest BCUT2D eigenvalue weighted by atomic mass is 16.2. The smallest absolute Gasteiger partial charge is 0.232 e. The SMILES string of the molecule is CC1CC(=O)N(CCCCCC(=O)NCCCCCC(=O)N2CC[C@H](C)C2)C1=O. The summed E-state index contributed by atoms with van der Waals surface area (Å²) in [5, 5.41) is 2.93. The van der Waals surface area contributed by atoms with Gasteiger partial charge < -0.3 is 10.2 Å². The average molecular weight is 408 g/mol. The van der Waals surface area contributed by atoms with Crippen LogP contribution in [0.1, 0.15) is 78.1 Å². The van der Waals surface area contributed by atoms with E-state index in [1.54, 1.807) is 6.92 Å². The molecule has 2 rings (SSSR count). The van der Waals surface area contributed by atoms with Crippen molar-refractivity contribution in [3.8, 4) is 0 Å². The molecule has 29 heavy (non-hydrogen) atoms. The second-order valence-corrected chi connectivity index (χ2v) is 8.69. The third-order valence-corrected chi connectivity index (χ3v) is 5.92. The van der Waals surface area contributed by atoms with Gasteiger partial charge in [-0.3, -0.25) is 24.1 Å². The maximum Gasteiger partial charge on any atom is 0.232 e. The van der Waals surface area contributed by atoms with Crippen molar-refractivity contribution in [1.29, 1.82) is 0 Å². The van der Waals surface area contributed by atoms with Crippen LogP contribution in [0.15, 0.2) is 0 Å². The summed E-state index contributed by atoms with van der Waals surface area (Å²) in [5.41, 5.74) is 0. The van der Waals surface area contributed by atoms with Gasteiger partial charge in [0.2, 0.25) is 23.6 Å². The second-order valence-electron chi connectivity index (χ2n) is 8.69. The van der Waals surface area contributed by atoms with Crippen molar-refractivity contribution < 1.29 is 19.2 Å². The molecule has 0 aromatic carbocycles. The zero-order valence-electron chi connectivity index (χ0n) is 18.1. The molecule has 0 aliphatic carbocycles. The molecule has 0 radical (unpaired) electrons. The van der Waals surface area contributed by atoms with Crippen LogP contribution in [0, 0.1) is 11.8 Å². The molecule has 1 unspecified atom stereocenters. The lowest BCUT2D eigenvalue weighted by Crippen LogP contribution is -2.31. The number of hydrogen-bond donors (Lipinski definition) is 1. The molecule has 2 fully saturated rings. The van der Waals surface area contributed by atoms with Crippen molar-refractivity contribution in [2.24, 2.45) is 11.8 Å². The average Bonchev–Trinajstić information content (AvgIpc) is 3.22. The van der Waals surface area contributed by atoms with Crippen molar-refractivity contribution in [2.75, 3.05) is 26.2 Å². The van der Waals surface area contributed by atoms with Crippen molar-refractivity contribution >= 4 is 23.6 Å². The first-order valence-corrected chi connectivity index (χ1v) is 11.3. The minimum atomic E-state index is -0.185. The van der Waals surface area contributed by atoms with Crippen LogP contribution >= 0.6 is 0 Å². The monoisotopic (exact) mass is 407 g/mol. The molecular weight excluding hydrogens is 370 g/mol. The Morgan fingerprint density at radius 2 is 1.72 bits per heavy atom. The van der Waals surface area contributed by atoms with Crippen LogP contribution in [0.5, 0.6) is 0 Å². The zero-order valence-corrected chi connectivity index (χ0v) is 18.1. The molecule has 0 saturated carbocycles. The fraction of sp³-hybridized carbons (Fsp3) is 0.818. The van der Waals surface area contributed by atoms with Gasteiger partial charge in [-0.15, -0.1) is 0 Å². The second kappa shape index (κ2) is 11.9. The van der Waals surface area contributed by atoms with Crippen molar-refractivity contribution in [3.63, 3.8) is 0 Å². The number of unbranched alkanes of at least 4 members (excludes halogenated alkanes) is 4. The third-order valence-electron chi connectivity index (χ3n) is 5.92. The van der Waals surface area contributed by atoms with Gasteiger partial charge in [-0.05, 0) is 38.0 Å². The number of amides is 4. The summed E-state index contributed by atoms with van der Waals surface area (Å²) in [5.74, 6) is 0.624.